The first kappa shape index (κ1) is 19.2. The molecule has 10 nitrogen and oxygen atoms in total. The Morgan fingerprint density at radius 3 is 2.63 bits per heavy atom. The number of nitrogens with zero attached hydrogens (tertiary/aromatic N) is 4. The van der Waals surface area contributed by atoms with Crippen molar-refractivity contribution in [1.82, 2.24) is 15.3 Å². The maximum Gasteiger partial charge on any atom is 0.239 e. The van der Waals surface area contributed by atoms with Crippen molar-refractivity contribution in [1.29, 1.82) is 0 Å². The van der Waals surface area contributed by atoms with Gasteiger partial charge in [0, 0.05) is 34.4 Å². The van der Waals surface area contributed by atoms with E-state index in [-0.39, 0.29) is 28.6 Å². The number of aromatic nitrogens is 2. The number of hydrogen-bond donors (Lipinski definition) is 4. The van der Waals surface area contributed by atoms with Crippen molar-refractivity contribution in [2.24, 2.45) is 20.4 Å². The third kappa shape index (κ3) is 3.27. The fourth-order valence-electron chi connectivity index (χ4n) is 3.54. The molecule has 30 heavy (non-hydrogen) atoms. The molecule has 0 aliphatic carbocycles. The van der Waals surface area contributed by atoms with Crippen LogP contribution in [0.2, 0.25) is 0 Å². The third-order valence-electron chi connectivity index (χ3n) is 4.94. The molecule has 1 fully saturated rings. The zero-order valence-electron chi connectivity index (χ0n) is 15.7. The van der Waals surface area contributed by atoms with E-state index in [0.717, 1.165) is 18.6 Å². The number of fused-ring (bicyclic) bond motifs is 1. The van der Waals surface area contributed by atoms with Crippen molar-refractivity contribution in [2.75, 3.05) is 25.5 Å². The Morgan fingerprint density at radius 1 is 1.13 bits per heavy atom. The molecule has 1 saturated heterocycles. The molecule has 2 aromatic carbocycles. The quantitative estimate of drug-likeness (QED) is 0.469. The maximum atomic E-state index is 12.8. The summed E-state index contributed by atoms with van der Waals surface area (Å²) in [6.45, 7) is 1.75. The van der Waals surface area contributed by atoms with Crippen molar-refractivity contribution in [3.05, 3.63) is 35.9 Å². The van der Waals surface area contributed by atoms with Crippen LogP contribution in [0.1, 0.15) is 5.56 Å². The number of anilines is 1. The summed E-state index contributed by atoms with van der Waals surface area (Å²) in [5.74, 6) is 0.511. The second-order valence-electron chi connectivity index (χ2n) is 6.95. The van der Waals surface area contributed by atoms with Crippen LogP contribution in [-0.4, -0.2) is 49.2 Å². The van der Waals surface area contributed by atoms with E-state index in [9.17, 15) is 8.42 Å². The zero-order chi connectivity index (χ0) is 20.9. The second kappa shape index (κ2) is 7.16. The number of para-hydroxylation sites is 1. The van der Waals surface area contributed by atoms with Gasteiger partial charge in [-0.25, -0.2) is 23.5 Å². The van der Waals surface area contributed by atoms with E-state index in [1.54, 1.807) is 6.07 Å². The fourth-order valence-corrected chi connectivity index (χ4v) is 5.98. The number of thioether (sulfide) groups is 1. The SMILES string of the molecule is Nc1nc2c(-c3ccc(SC4CNC4)c(S(N)(=O)=O)c3C3=NCN=N3)cccc2[nH]1. The van der Waals surface area contributed by atoms with Crippen molar-refractivity contribution < 1.29 is 8.42 Å². The maximum absolute atomic E-state index is 12.8. The topological polar surface area (TPSA) is 164 Å². The first-order chi connectivity index (χ1) is 14.4. The van der Waals surface area contributed by atoms with Crippen LogP contribution in [0.3, 0.4) is 0 Å². The highest BCUT2D eigenvalue weighted by Crippen LogP contribution is 2.40. The van der Waals surface area contributed by atoms with Crippen molar-refractivity contribution in [3.8, 4) is 11.1 Å². The Balaban J connectivity index is 1.82. The van der Waals surface area contributed by atoms with E-state index < -0.39 is 10.0 Å². The highest BCUT2D eigenvalue weighted by molar-refractivity contribution is 8.00. The van der Waals surface area contributed by atoms with Crippen molar-refractivity contribution in [2.45, 2.75) is 15.0 Å². The van der Waals surface area contributed by atoms with Gasteiger partial charge in [-0.2, -0.15) is 5.11 Å². The molecule has 6 N–H and O–H groups in total. The highest BCUT2D eigenvalue weighted by atomic mass is 32.2. The molecule has 3 heterocycles. The summed E-state index contributed by atoms with van der Waals surface area (Å²) < 4.78 is 25.5. The van der Waals surface area contributed by atoms with Crippen molar-refractivity contribution >= 4 is 44.6 Å². The summed E-state index contributed by atoms with van der Waals surface area (Å²) in [4.78, 5) is 12.2. The summed E-state index contributed by atoms with van der Waals surface area (Å²) in [6, 6.07) is 9.18. The Morgan fingerprint density at radius 2 is 1.97 bits per heavy atom. The summed E-state index contributed by atoms with van der Waals surface area (Å²) in [6.07, 6.45) is 0. The Labute approximate surface area is 176 Å². The predicted octanol–water partition coefficient (Wildman–Crippen LogP) is 1.69. The molecule has 12 heteroatoms. The van der Waals surface area contributed by atoms with E-state index in [0.29, 0.717) is 27.1 Å². The smallest absolute Gasteiger partial charge is 0.239 e. The number of nitrogens with two attached hydrogens (primary N) is 2. The molecule has 0 unspecified atom stereocenters. The normalized spacial score (nSPS) is 16.8. The van der Waals surface area contributed by atoms with Gasteiger partial charge in [-0.05, 0) is 17.7 Å². The number of nitrogens with one attached hydrogen (secondary N) is 2. The monoisotopic (exact) mass is 442 g/mol. The number of sulfonamides is 1. The number of hydrogen-bond acceptors (Lipinski definition) is 9. The van der Waals surface area contributed by atoms with Gasteiger partial charge in [0.25, 0.3) is 0 Å². The van der Waals surface area contributed by atoms with Gasteiger partial charge in [0.2, 0.25) is 10.0 Å². The molecule has 2 aliphatic rings. The van der Waals surface area contributed by atoms with Gasteiger partial charge in [0.05, 0.1) is 11.0 Å². The molecule has 0 amide bonds. The minimum Gasteiger partial charge on any atom is -0.369 e. The molecule has 0 saturated carbocycles. The number of imidazole rings is 1. The molecule has 3 aromatic rings. The Hall–Kier alpha value is -2.80. The molecule has 0 spiro atoms. The summed E-state index contributed by atoms with van der Waals surface area (Å²) in [7, 11) is -4.09. The summed E-state index contributed by atoms with van der Waals surface area (Å²) in [5.41, 5.74) is 8.85. The summed E-state index contributed by atoms with van der Waals surface area (Å²) >= 11 is 1.48. The molecule has 0 radical (unpaired) electrons. The molecule has 2 aliphatic heterocycles. The molecule has 1 aromatic heterocycles. The lowest BCUT2D eigenvalue weighted by Crippen LogP contribution is -2.44. The van der Waals surface area contributed by atoms with Crippen LogP contribution in [0.25, 0.3) is 22.2 Å². The second-order valence-corrected chi connectivity index (χ2v) is 9.79. The molecule has 0 bridgehead atoms. The number of aromatic amines is 1. The van der Waals surface area contributed by atoms with Gasteiger partial charge in [-0.15, -0.1) is 16.9 Å². The lowest BCUT2D eigenvalue weighted by molar-refractivity contribution is 0.543. The predicted molar refractivity (Wildman–Crippen MR) is 116 cm³/mol. The van der Waals surface area contributed by atoms with Gasteiger partial charge >= 0.3 is 0 Å². The number of rotatable bonds is 5. The third-order valence-corrected chi connectivity index (χ3v) is 7.32. The number of benzene rings is 2. The molecule has 154 valence electrons. The minimum absolute atomic E-state index is 0.0111. The number of nitrogen functional groups attached to an aromatic ring is 1. The molecular weight excluding hydrogens is 424 g/mol. The first-order valence-electron chi connectivity index (χ1n) is 9.16. The molecule has 0 atom stereocenters. The van der Waals surface area contributed by atoms with Gasteiger partial charge in [0.15, 0.2) is 18.5 Å². The zero-order valence-corrected chi connectivity index (χ0v) is 17.3. The number of azo groups is 1. The average molecular weight is 443 g/mol. The highest BCUT2D eigenvalue weighted by Gasteiger charge is 2.30. The lowest BCUT2D eigenvalue weighted by atomic mass is 9.97. The van der Waals surface area contributed by atoms with E-state index in [1.165, 1.54) is 11.8 Å². The largest absolute Gasteiger partial charge is 0.369 e. The van der Waals surface area contributed by atoms with Crippen LogP contribution < -0.4 is 16.2 Å². The standard InChI is InChI=1S/C18H18N8O2S2/c19-18-24-12-3-1-2-11(15(12)25-18)10-4-5-13(29-9-6-21-7-9)16(30(20,27)28)14(10)17-22-8-23-26-17/h1-5,9,21H,6-8H2,(H3,19,24,25)(H2,20,27,28). The van der Waals surface area contributed by atoms with Crippen molar-refractivity contribution in [3.63, 3.8) is 0 Å². The first-order valence-corrected chi connectivity index (χ1v) is 11.6. The minimum atomic E-state index is -4.09. The fraction of sp³-hybridized carbons (Fsp3) is 0.222. The summed E-state index contributed by atoms with van der Waals surface area (Å²) in [5, 5.41) is 17.2. The van der Waals surface area contributed by atoms with Crippen LogP contribution in [-0.2, 0) is 10.0 Å². The van der Waals surface area contributed by atoms with Gasteiger partial charge < -0.3 is 16.0 Å². The number of amidine groups is 1. The van der Waals surface area contributed by atoms with Gasteiger partial charge in [0.1, 0.15) is 4.90 Å². The van der Waals surface area contributed by atoms with Crippen LogP contribution in [0.5, 0.6) is 0 Å². The number of primary sulfonamides is 1. The van der Waals surface area contributed by atoms with Gasteiger partial charge in [-0.1, -0.05) is 18.2 Å². The Kier molecular flexibility index (Phi) is 4.58. The van der Waals surface area contributed by atoms with E-state index in [1.807, 2.05) is 24.3 Å². The molecule has 5 rings (SSSR count). The Bertz CT molecular complexity index is 1330. The lowest BCUT2D eigenvalue weighted by Gasteiger charge is -2.27. The van der Waals surface area contributed by atoms with Crippen LogP contribution in [0.4, 0.5) is 5.95 Å². The van der Waals surface area contributed by atoms with E-state index >= 15 is 0 Å². The van der Waals surface area contributed by atoms with Crippen LogP contribution in [0.15, 0.2) is 55.3 Å². The van der Waals surface area contributed by atoms with Crippen LogP contribution >= 0.6 is 11.8 Å². The van der Waals surface area contributed by atoms with E-state index in [4.69, 9.17) is 10.9 Å². The number of aliphatic imine (C=N–C) groups is 1. The molecular formula is C18H18N8O2S2. The van der Waals surface area contributed by atoms with Gasteiger partial charge in [-0.3, -0.25) is 0 Å². The van der Waals surface area contributed by atoms with E-state index in [2.05, 4.69) is 30.5 Å². The number of H-pyrrole nitrogens is 1. The van der Waals surface area contributed by atoms with Crippen LogP contribution in [0, 0.1) is 0 Å². The average Bonchev–Trinajstić information content (AvgIpc) is 3.31.